The van der Waals surface area contributed by atoms with Gasteiger partial charge in [-0.1, -0.05) is 66.2 Å². The lowest BCUT2D eigenvalue weighted by Gasteiger charge is -2.37. The number of nitrogens with one attached hydrogen (secondary N) is 1. The number of ether oxygens (including phenoxy) is 2. The van der Waals surface area contributed by atoms with Crippen molar-refractivity contribution in [2.45, 2.75) is 31.9 Å². The van der Waals surface area contributed by atoms with E-state index in [4.69, 9.17) is 21.1 Å². The fourth-order valence-corrected chi connectivity index (χ4v) is 5.91. The van der Waals surface area contributed by atoms with Gasteiger partial charge in [0.25, 0.3) is 0 Å². The van der Waals surface area contributed by atoms with Gasteiger partial charge in [0, 0.05) is 17.8 Å². The van der Waals surface area contributed by atoms with E-state index in [2.05, 4.69) is 58.9 Å². The average Bonchev–Trinajstić information content (AvgIpc) is 3.46. The topological polar surface area (TPSA) is 42.8 Å². The number of anilines is 1. The van der Waals surface area contributed by atoms with Gasteiger partial charge in [0.05, 0.1) is 23.4 Å². The van der Waals surface area contributed by atoms with Crippen LogP contribution in [0.4, 0.5) is 15.8 Å². The van der Waals surface area contributed by atoms with Crippen molar-refractivity contribution in [3.63, 3.8) is 0 Å². The average molecular weight is 553 g/mol. The molecule has 1 heterocycles. The van der Waals surface area contributed by atoms with Crippen molar-refractivity contribution in [3.05, 3.63) is 130 Å². The summed E-state index contributed by atoms with van der Waals surface area (Å²) in [7, 11) is 0. The summed E-state index contributed by atoms with van der Waals surface area (Å²) in [4.78, 5) is 4.69. The summed E-state index contributed by atoms with van der Waals surface area (Å²) in [5.41, 5.74) is 6.21. The van der Waals surface area contributed by atoms with Crippen molar-refractivity contribution in [2.75, 3.05) is 11.9 Å². The molecule has 0 bridgehead atoms. The van der Waals surface area contributed by atoms with E-state index in [1.54, 1.807) is 24.4 Å². The molecule has 4 aromatic carbocycles. The predicted molar refractivity (Wildman–Crippen MR) is 160 cm³/mol. The van der Waals surface area contributed by atoms with Gasteiger partial charge in [0.1, 0.15) is 12.4 Å². The number of hydrogen-bond donors (Lipinski definition) is 1. The zero-order chi connectivity index (χ0) is 27.5. The Morgan fingerprint density at radius 3 is 2.67 bits per heavy atom. The van der Waals surface area contributed by atoms with Crippen LogP contribution in [0.1, 0.15) is 47.6 Å². The van der Waals surface area contributed by atoms with E-state index in [1.165, 1.54) is 28.9 Å². The van der Waals surface area contributed by atoms with Crippen LogP contribution in [0.5, 0.6) is 11.5 Å². The zero-order valence-electron chi connectivity index (χ0n) is 22.2. The Hall–Kier alpha value is -4.09. The number of para-hydroxylation sites is 1. The fraction of sp³-hybridized carbons (Fsp3) is 0.206. The molecule has 0 unspecified atom stereocenters. The molecule has 2 aliphatic rings. The van der Waals surface area contributed by atoms with Crippen LogP contribution in [0.15, 0.2) is 102 Å². The molecule has 0 radical (unpaired) electrons. The first-order chi connectivity index (χ1) is 19.6. The van der Waals surface area contributed by atoms with Gasteiger partial charge in [-0.2, -0.15) is 0 Å². The first kappa shape index (κ1) is 26.1. The van der Waals surface area contributed by atoms with Crippen LogP contribution >= 0.6 is 11.6 Å². The lowest BCUT2D eigenvalue weighted by molar-refractivity contribution is 0.269. The van der Waals surface area contributed by atoms with Gasteiger partial charge in [0.15, 0.2) is 11.5 Å². The Balaban J connectivity index is 1.18. The van der Waals surface area contributed by atoms with Crippen LogP contribution < -0.4 is 14.8 Å². The highest BCUT2D eigenvalue weighted by Gasteiger charge is 2.37. The summed E-state index contributed by atoms with van der Waals surface area (Å²) < 4.78 is 25.3. The van der Waals surface area contributed by atoms with E-state index in [1.807, 2.05) is 25.1 Å². The van der Waals surface area contributed by atoms with Gasteiger partial charge >= 0.3 is 0 Å². The molecule has 4 aromatic rings. The predicted octanol–water partition coefficient (Wildman–Crippen LogP) is 9.03. The first-order valence-corrected chi connectivity index (χ1v) is 14.0. The van der Waals surface area contributed by atoms with Crippen LogP contribution in [-0.2, 0) is 6.61 Å². The Labute approximate surface area is 239 Å². The molecule has 0 aromatic heterocycles. The number of benzene rings is 4. The normalized spacial score (nSPS) is 19.2. The van der Waals surface area contributed by atoms with Crippen LogP contribution in [-0.4, -0.2) is 12.8 Å². The van der Waals surface area contributed by atoms with E-state index in [0.29, 0.717) is 40.5 Å². The number of rotatable bonds is 8. The lowest BCUT2D eigenvalue weighted by Crippen LogP contribution is -2.28. The van der Waals surface area contributed by atoms with E-state index in [0.717, 1.165) is 17.7 Å². The lowest BCUT2D eigenvalue weighted by atomic mass is 9.77. The monoisotopic (exact) mass is 552 g/mol. The van der Waals surface area contributed by atoms with Crippen molar-refractivity contribution < 1.29 is 13.9 Å². The highest BCUT2D eigenvalue weighted by atomic mass is 35.5. The molecule has 0 spiro atoms. The largest absolute Gasteiger partial charge is 0.490 e. The van der Waals surface area contributed by atoms with Crippen LogP contribution in [0, 0.1) is 11.7 Å². The minimum absolute atomic E-state index is 0.177. The van der Waals surface area contributed by atoms with Crippen LogP contribution in [0.25, 0.3) is 0 Å². The molecule has 1 N–H and O–H groups in total. The molecule has 0 saturated heterocycles. The minimum atomic E-state index is -0.308. The summed E-state index contributed by atoms with van der Waals surface area (Å²) >= 11 is 6.58. The van der Waals surface area contributed by atoms with Gasteiger partial charge < -0.3 is 14.8 Å². The number of nitrogens with zero attached hydrogens (tertiary/aromatic N) is 1. The van der Waals surface area contributed by atoms with E-state index < -0.39 is 0 Å². The number of halogens is 2. The highest BCUT2D eigenvalue weighted by Crippen LogP contribution is 2.49. The number of aliphatic imine (C=N–C) groups is 1. The molecule has 0 amide bonds. The molecular formula is C34H30ClFN2O2. The molecule has 1 aliphatic heterocycles. The summed E-state index contributed by atoms with van der Waals surface area (Å²) in [6.07, 6.45) is 7.51. The second-order valence-corrected chi connectivity index (χ2v) is 10.5. The Morgan fingerprint density at radius 2 is 1.85 bits per heavy atom. The van der Waals surface area contributed by atoms with Crippen LogP contribution in [0.3, 0.4) is 0 Å². The van der Waals surface area contributed by atoms with Gasteiger partial charge in [-0.05, 0) is 84.0 Å². The van der Waals surface area contributed by atoms with Crippen molar-refractivity contribution in [3.8, 4) is 11.5 Å². The third-order valence-corrected chi connectivity index (χ3v) is 7.77. The van der Waals surface area contributed by atoms with Crippen molar-refractivity contribution in [2.24, 2.45) is 10.9 Å². The highest BCUT2D eigenvalue weighted by molar-refractivity contribution is 6.32. The number of allylic oxidation sites excluding steroid dienone is 2. The molecule has 1 aliphatic carbocycles. The molecule has 202 valence electrons. The van der Waals surface area contributed by atoms with Crippen LogP contribution in [0.2, 0.25) is 5.02 Å². The van der Waals surface area contributed by atoms with Gasteiger partial charge in [-0.15, -0.1) is 0 Å². The van der Waals surface area contributed by atoms with Gasteiger partial charge in [0.2, 0.25) is 0 Å². The number of fused-ring (bicyclic) bond motifs is 3. The molecule has 3 atom stereocenters. The summed E-state index contributed by atoms with van der Waals surface area (Å²) in [6.45, 7) is 2.53. The number of hydrogen-bond acceptors (Lipinski definition) is 4. The smallest absolute Gasteiger partial charge is 0.180 e. The minimum Gasteiger partial charge on any atom is -0.490 e. The van der Waals surface area contributed by atoms with Gasteiger partial charge in [-0.3, -0.25) is 4.99 Å². The van der Waals surface area contributed by atoms with Crippen molar-refractivity contribution in [1.82, 2.24) is 0 Å². The fourth-order valence-electron chi connectivity index (χ4n) is 5.64. The standard InChI is InChI=1S/C34H30ClFN2O2/c1-2-39-32-19-23(18-30(35)34(32)40-21-22-7-5-8-25(36)17-22)20-37-26-15-13-24(14-16-26)33-29-11-6-10-27(29)28-9-3-4-12-31(28)38-33/h3-10,12-20,27,29,33,38H,2,11,21H2,1H3/t27-,29+,33+/m1/s1. The summed E-state index contributed by atoms with van der Waals surface area (Å²) in [6, 6.07) is 27.2. The molecule has 40 heavy (non-hydrogen) atoms. The Morgan fingerprint density at radius 1 is 1.00 bits per heavy atom. The third kappa shape index (κ3) is 5.47. The van der Waals surface area contributed by atoms with E-state index in [-0.39, 0.29) is 18.5 Å². The maximum Gasteiger partial charge on any atom is 0.180 e. The molecule has 6 rings (SSSR count). The second kappa shape index (κ2) is 11.6. The molecular weight excluding hydrogens is 523 g/mol. The molecule has 0 saturated carbocycles. The zero-order valence-corrected chi connectivity index (χ0v) is 22.9. The Bertz CT molecular complexity index is 1570. The second-order valence-electron chi connectivity index (χ2n) is 10.1. The molecule has 0 fully saturated rings. The van der Waals surface area contributed by atoms with Crippen molar-refractivity contribution >= 4 is 29.2 Å². The molecule has 4 nitrogen and oxygen atoms in total. The maximum atomic E-state index is 13.5. The third-order valence-electron chi connectivity index (χ3n) is 7.49. The van der Waals surface area contributed by atoms with E-state index in [9.17, 15) is 4.39 Å². The van der Waals surface area contributed by atoms with E-state index >= 15 is 0 Å². The first-order valence-electron chi connectivity index (χ1n) is 13.6. The summed E-state index contributed by atoms with van der Waals surface area (Å²) in [5.74, 6) is 1.59. The quantitative estimate of drug-likeness (QED) is 0.175. The van der Waals surface area contributed by atoms with Crippen molar-refractivity contribution in [1.29, 1.82) is 0 Å². The Kier molecular flexibility index (Phi) is 7.56. The maximum absolute atomic E-state index is 13.5. The van der Waals surface area contributed by atoms with Gasteiger partial charge in [-0.25, -0.2) is 4.39 Å². The summed E-state index contributed by atoms with van der Waals surface area (Å²) in [5, 5.41) is 4.18. The SMILES string of the molecule is CCOc1cc(C=Nc2ccc([C@@H]3Nc4ccccc4[C@H]4C=CC[C@@H]43)cc2)cc(Cl)c1OCc1cccc(F)c1. The molecule has 6 heteroatoms.